The molecule has 0 aliphatic heterocycles. The van der Waals surface area contributed by atoms with Crippen LogP contribution in [0.1, 0.15) is 16.1 Å². The highest BCUT2D eigenvalue weighted by molar-refractivity contribution is 6.03. The number of carbonyl (C=O) groups is 1. The van der Waals surface area contributed by atoms with Gasteiger partial charge < -0.3 is 9.73 Å². The van der Waals surface area contributed by atoms with Gasteiger partial charge in [-0.15, -0.1) is 0 Å². The van der Waals surface area contributed by atoms with Crippen molar-refractivity contribution in [1.29, 1.82) is 0 Å². The smallest absolute Gasteiger partial charge is 0.416 e. The Morgan fingerprint density at radius 1 is 1.04 bits per heavy atom. The van der Waals surface area contributed by atoms with E-state index in [0.29, 0.717) is 0 Å². The lowest BCUT2D eigenvalue weighted by atomic mass is 10.1. The molecule has 0 bridgehead atoms. The second kappa shape index (κ2) is 6.58. The second-order valence-electron chi connectivity index (χ2n) is 5.19. The van der Waals surface area contributed by atoms with Gasteiger partial charge in [-0.05, 0) is 36.4 Å². The lowest BCUT2D eigenvalue weighted by Crippen LogP contribution is -2.13. The molecule has 0 fully saturated rings. The summed E-state index contributed by atoms with van der Waals surface area (Å²) >= 11 is 0. The molecule has 134 valence electrons. The Labute approximate surface area is 143 Å². The van der Waals surface area contributed by atoms with Crippen LogP contribution in [0.5, 0.6) is 0 Å². The summed E-state index contributed by atoms with van der Waals surface area (Å²) in [7, 11) is 0. The van der Waals surface area contributed by atoms with Crippen LogP contribution in [0.2, 0.25) is 0 Å². The molecule has 0 aliphatic carbocycles. The van der Waals surface area contributed by atoms with Crippen LogP contribution in [0.4, 0.5) is 27.6 Å². The van der Waals surface area contributed by atoms with Crippen LogP contribution in [0, 0.1) is 11.6 Å². The maximum atomic E-state index is 13.5. The van der Waals surface area contributed by atoms with Gasteiger partial charge in [-0.25, -0.2) is 13.8 Å². The monoisotopic (exact) mass is 368 g/mol. The molecule has 3 aromatic rings. The number of alkyl halides is 3. The fourth-order valence-electron chi connectivity index (χ4n) is 2.09. The van der Waals surface area contributed by atoms with Crippen molar-refractivity contribution >= 4 is 11.6 Å². The van der Waals surface area contributed by atoms with Crippen molar-refractivity contribution < 1.29 is 31.2 Å². The zero-order chi connectivity index (χ0) is 18.9. The highest BCUT2D eigenvalue weighted by atomic mass is 19.4. The fraction of sp³-hybridized carbons (Fsp3) is 0.0588. The zero-order valence-electron chi connectivity index (χ0n) is 12.8. The summed E-state index contributed by atoms with van der Waals surface area (Å²) in [6, 6.07) is 6.52. The predicted octanol–water partition coefficient (Wildman–Crippen LogP) is 4.89. The molecule has 3 rings (SSSR count). The first-order valence-electron chi connectivity index (χ1n) is 7.13. The molecule has 0 radical (unpaired) electrons. The predicted molar refractivity (Wildman–Crippen MR) is 81.3 cm³/mol. The van der Waals surface area contributed by atoms with Crippen LogP contribution in [-0.4, -0.2) is 10.9 Å². The molecule has 9 heteroatoms. The number of benzene rings is 2. The zero-order valence-corrected chi connectivity index (χ0v) is 12.8. The molecular formula is C17H9F5N2O2. The molecule has 2 aromatic carbocycles. The van der Waals surface area contributed by atoms with Crippen molar-refractivity contribution in [2.45, 2.75) is 6.18 Å². The Kier molecular flexibility index (Phi) is 4.45. The highest BCUT2D eigenvalue weighted by Crippen LogP contribution is 2.30. The molecule has 4 nitrogen and oxygen atoms in total. The average Bonchev–Trinajstić information content (AvgIpc) is 3.08. The van der Waals surface area contributed by atoms with Gasteiger partial charge in [0.2, 0.25) is 5.89 Å². The van der Waals surface area contributed by atoms with Gasteiger partial charge in [0.05, 0.1) is 11.3 Å². The molecule has 1 N–H and O–H groups in total. The van der Waals surface area contributed by atoms with Crippen LogP contribution in [0.15, 0.2) is 53.1 Å². The second-order valence-corrected chi connectivity index (χ2v) is 5.19. The number of anilines is 1. The van der Waals surface area contributed by atoms with E-state index in [-0.39, 0.29) is 22.8 Å². The number of amides is 1. The van der Waals surface area contributed by atoms with Crippen LogP contribution in [-0.2, 0) is 6.18 Å². The lowest BCUT2D eigenvalue weighted by Gasteiger charge is -2.06. The molecular weight excluding hydrogens is 359 g/mol. The van der Waals surface area contributed by atoms with Gasteiger partial charge in [0.1, 0.15) is 17.9 Å². The Morgan fingerprint density at radius 2 is 1.73 bits per heavy atom. The molecule has 0 spiro atoms. The maximum Gasteiger partial charge on any atom is 0.416 e. The van der Waals surface area contributed by atoms with Crippen molar-refractivity contribution in [2.75, 3.05) is 5.32 Å². The molecule has 0 unspecified atom stereocenters. The van der Waals surface area contributed by atoms with Gasteiger partial charge in [0.25, 0.3) is 5.91 Å². The van der Waals surface area contributed by atoms with E-state index < -0.39 is 29.3 Å². The van der Waals surface area contributed by atoms with Gasteiger partial charge in [0, 0.05) is 11.6 Å². The third-order valence-corrected chi connectivity index (χ3v) is 3.37. The van der Waals surface area contributed by atoms with Crippen molar-refractivity contribution in [1.82, 2.24) is 4.98 Å². The number of nitrogens with zero attached hydrogens (tertiary/aromatic N) is 1. The number of carbonyl (C=O) groups excluding carboxylic acids is 1. The van der Waals surface area contributed by atoms with E-state index >= 15 is 0 Å². The Morgan fingerprint density at radius 3 is 2.38 bits per heavy atom. The number of halogens is 5. The molecule has 0 atom stereocenters. The van der Waals surface area contributed by atoms with Crippen molar-refractivity contribution in [2.24, 2.45) is 0 Å². The minimum absolute atomic E-state index is 0.0939. The van der Waals surface area contributed by atoms with Crippen LogP contribution in [0.3, 0.4) is 0 Å². The summed E-state index contributed by atoms with van der Waals surface area (Å²) in [5.41, 5.74) is -1.25. The Bertz CT molecular complexity index is 949. The van der Waals surface area contributed by atoms with Crippen LogP contribution in [0.25, 0.3) is 11.5 Å². The van der Waals surface area contributed by atoms with E-state index in [1.807, 2.05) is 0 Å². The molecule has 0 saturated heterocycles. The SMILES string of the molecule is O=C(Nc1cc(F)ccc1F)c1coc(-c2ccc(C(F)(F)F)cc2)n1. The third-order valence-electron chi connectivity index (χ3n) is 3.37. The molecule has 1 amide bonds. The quantitative estimate of drug-likeness (QED) is 0.670. The third kappa shape index (κ3) is 3.71. The largest absolute Gasteiger partial charge is 0.444 e. The van der Waals surface area contributed by atoms with Crippen LogP contribution < -0.4 is 5.32 Å². The minimum atomic E-state index is -4.48. The highest BCUT2D eigenvalue weighted by Gasteiger charge is 2.30. The Hall–Kier alpha value is -3.23. The summed E-state index contributed by atoms with van der Waals surface area (Å²) in [4.78, 5) is 15.9. The van der Waals surface area contributed by atoms with Gasteiger partial charge in [-0.3, -0.25) is 4.79 Å². The first-order valence-corrected chi connectivity index (χ1v) is 7.13. The number of nitrogens with one attached hydrogen (secondary N) is 1. The van der Waals surface area contributed by atoms with Gasteiger partial charge in [-0.1, -0.05) is 0 Å². The van der Waals surface area contributed by atoms with E-state index in [9.17, 15) is 26.7 Å². The number of hydrogen-bond acceptors (Lipinski definition) is 3. The van der Waals surface area contributed by atoms with Crippen molar-refractivity contribution in [3.8, 4) is 11.5 Å². The summed E-state index contributed by atoms with van der Waals surface area (Å²) in [5, 5.41) is 2.14. The standard InChI is InChI=1S/C17H9F5N2O2/c18-11-5-6-12(19)13(7-11)23-15(25)14-8-26-16(24-14)9-1-3-10(4-2-9)17(20,21)22/h1-8H,(H,23,25). The topological polar surface area (TPSA) is 55.1 Å². The average molecular weight is 368 g/mol. The molecule has 1 heterocycles. The lowest BCUT2D eigenvalue weighted by molar-refractivity contribution is -0.137. The summed E-state index contributed by atoms with van der Waals surface area (Å²) in [6.07, 6.45) is -3.52. The first-order chi connectivity index (χ1) is 12.2. The summed E-state index contributed by atoms with van der Waals surface area (Å²) in [6.45, 7) is 0. The number of oxazole rings is 1. The summed E-state index contributed by atoms with van der Waals surface area (Å²) in [5.74, 6) is -2.54. The van der Waals surface area contributed by atoms with Gasteiger partial charge in [-0.2, -0.15) is 13.2 Å². The molecule has 0 saturated carbocycles. The van der Waals surface area contributed by atoms with E-state index in [2.05, 4.69) is 10.3 Å². The Balaban J connectivity index is 1.79. The number of rotatable bonds is 3. The van der Waals surface area contributed by atoms with E-state index in [1.165, 1.54) is 0 Å². The number of aromatic nitrogens is 1. The summed E-state index contributed by atoms with van der Waals surface area (Å²) < 4.78 is 69.4. The fourth-order valence-corrected chi connectivity index (χ4v) is 2.09. The van der Waals surface area contributed by atoms with Crippen molar-refractivity contribution in [3.05, 3.63) is 71.6 Å². The van der Waals surface area contributed by atoms with E-state index in [1.54, 1.807) is 0 Å². The molecule has 26 heavy (non-hydrogen) atoms. The molecule has 1 aromatic heterocycles. The minimum Gasteiger partial charge on any atom is -0.444 e. The number of hydrogen-bond donors (Lipinski definition) is 1. The van der Waals surface area contributed by atoms with Crippen molar-refractivity contribution in [3.63, 3.8) is 0 Å². The van der Waals surface area contributed by atoms with Crippen LogP contribution >= 0.6 is 0 Å². The van der Waals surface area contributed by atoms with Gasteiger partial charge in [0.15, 0.2) is 5.69 Å². The van der Waals surface area contributed by atoms with E-state index in [0.717, 1.165) is 48.7 Å². The maximum absolute atomic E-state index is 13.5. The van der Waals surface area contributed by atoms with Gasteiger partial charge >= 0.3 is 6.18 Å². The first kappa shape index (κ1) is 17.6. The van der Waals surface area contributed by atoms with E-state index in [4.69, 9.17) is 4.42 Å². The normalized spacial score (nSPS) is 11.4. The molecule has 0 aliphatic rings.